The van der Waals surface area contributed by atoms with E-state index in [1.54, 1.807) is 0 Å². The van der Waals surface area contributed by atoms with Gasteiger partial charge in [0.05, 0.1) is 6.20 Å². The molecular weight excluding hydrogens is 257 g/mol. The molecule has 0 radical (unpaired) electrons. The Labute approximate surface area is 103 Å². The van der Waals surface area contributed by atoms with Crippen LogP contribution >= 0.6 is 35.3 Å². The van der Waals surface area contributed by atoms with Gasteiger partial charge in [-0.1, -0.05) is 22.9 Å². The second-order valence-corrected chi connectivity index (χ2v) is 4.91. The standard InChI is InChI=1S/C8H10ClN3OS.ClH/c9-6-4-11-8(14-6)12-7(13)1-5-2-10-3-5;/h4-5,10H,1-3H2,(H,11,12,13);1H. The highest BCUT2D eigenvalue weighted by Crippen LogP contribution is 2.22. The van der Waals surface area contributed by atoms with Crippen molar-refractivity contribution in [3.8, 4) is 0 Å². The van der Waals surface area contributed by atoms with Crippen molar-refractivity contribution in [2.45, 2.75) is 6.42 Å². The molecule has 1 fully saturated rings. The van der Waals surface area contributed by atoms with Gasteiger partial charge in [0.15, 0.2) is 5.13 Å². The summed E-state index contributed by atoms with van der Waals surface area (Å²) in [5, 5.41) is 6.41. The molecule has 0 aromatic carbocycles. The molecule has 2 N–H and O–H groups in total. The fraction of sp³-hybridized carbons (Fsp3) is 0.500. The van der Waals surface area contributed by atoms with Crippen molar-refractivity contribution in [3.05, 3.63) is 10.5 Å². The van der Waals surface area contributed by atoms with Crippen LogP contribution in [-0.2, 0) is 4.79 Å². The van der Waals surface area contributed by atoms with Crippen LogP contribution in [0.4, 0.5) is 5.13 Å². The number of anilines is 1. The predicted molar refractivity (Wildman–Crippen MR) is 64.0 cm³/mol. The first kappa shape index (κ1) is 12.7. The van der Waals surface area contributed by atoms with Crippen molar-refractivity contribution >= 4 is 46.4 Å². The van der Waals surface area contributed by atoms with Gasteiger partial charge in [-0.2, -0.15) is 0 Å². The lowest BCUT2D eigenvalue weighted by Gasteiger charge is -2.25. The molecule has 7 heteroatoms. The first-order valence-electron chi connectivity index (χ1n) is 4.36. The molecule has 4 nitrogen and oxygen atoms in total. The normalized spacial score (nSPS) is 15.3. The number of nitrogens with one attached hydrogen (secondary N) is 2. The number of carbonyl (C=O) groups excluding carboxylic acids is 1. The number of thiazole rings is 1. The molecule has 2 heterocycles. The topological polar surface area (TPSA) is 54.0 Å². The molecule has 0 atom stereocenters. The van der Waals surface area contributed by atoms with E-state index in [-0.39, 0.29) is 18.3 Å². The van der Waals surface area contributed by atoms with Gasteiger partial charge in [-0.3, -0.25) is 4.79 Å². The quantitative estimate of drug-likeness (QED) is 0.878. The van der Waals surface area contributed by atoms with Gasteiger partial charge >= 0.3 is 0 Å². The Hall–Kier alpha value is -0.360. The maximum atomic E-state index is 11.4. The highest BCUT2D eigenvalue weighted by atomic mass is 35.5. The number of hydrogen-bond acceptors (Lipinski definition) is 4. The van der Waals surface area contributed by atoms with Gasteiger partial charge in [0, 0.05) is 6.42 Å². The molecule has 15 heavy (non-hydrogen) atoms. The third-order valence-corrected chi connectivity index (χ3v) is 3.09. The zero-order valence-corrected chi connectivity index (χ0v) is 10.2. The molecule has 1 aromatic rings. The molecule has 0 unspecified atom stereocenters. The van der Waals surface area contributed by atoms with Gasteiger partial charge in [0.1, 0.15) is 4.34 Å². The molecule has 0 bridgehead atoms. The summed E-state index contributed by atoms with van der Waals surface area (Å²) in [5.74, 6) is 0.493. The molecule has 1 aromatic heterocycles. The van der Waals surface area contributed by atoms with E-state index in [1.807, 2.05) is 0 Å². The van der Waals surface area contributed by atoms with E-state index in [4.69, 9.17) is 11.6 Å². The fourth-order valence-corrected chi connectivity index (χ4v) is 2.07. The van der Waals surface area contributed by atoms with Crippen LogP contribution in [0.15, 0.2) is 6.20 Å². The van der Waals surface area contributed by atoms with E-state index in [2.05, 4.69) is 15.6 Å². The van der Waals surface area contributed by atoms with Crippen molar-refractivity contribution in [3.63, 3.8) is 0 Å². The Morgan fingerprint density at radius 3 is 2.93 bits per heavy atom. The molecule has 1 aliphatic rings. The highest BCUT2D eigenvalue weighted by molar-refractivity contribution is 7.19. The molecule has 84 valence electrons. The molecule has 0 spiro atoms. The molecule has 0 saturated carbocycles. The van der Waals surface area contributed by atoms with Crippen LogP contribution in [0.2, 0.25) is 4.34 Å². The number of nitrogens with zero attached hydrogens (tertiary/aromatic N) is 1. The summed E-state index contributed by atoms with van der Waals surface area (Å²) >= 11 is 6.96. The monoisotopic (exact) mass is 267 g/mol. The van der Waals surface area contributed by atoms with Crippen LogP contribution in [0.1, 0.15) is 6.42 Å². The molecule has 1 amide bonds. The third kappa shape index (κ3) is 3.61. The smallest absolute Gasteiger partial charge is 0.226 e. The third-order valence-electron chi connectivity index (χ3n) is 2.06. The van der Waals surface area contributed by atoms with Crippen molar-refractivity contribution in [2.75, 3.05) is 18.4 Å². The zero-order chi connectivity index (χ0) is 9.97. The Morgan fingerprint density at radius 1 is 1.73 bits per heavy atom. The van der Waals surface area contributed by atoms with Crippen molar-refractivity contribution in [1.29, 1.82) is 0 Å². The van der Waals surface area contributed by atoms with Gasteiger partial charge in [-0.25, -0.2) is 4.98 Å². The number of halogens is 2. The summed E-state index contributed by atoms with van der Waals surface area (Å²) < 4.78 is 0.589. The van der Waals surface area contributed by atoms with Crippen LogP contribution in [0.25, 0.3) is 0 Å². The minimum absolute atomic E-state index is 0. The summed E-state index contributed by atoms with van der Waals surface area (Å²) in [6.07, 6.45) is 2.09. The summed E-state index contributed by atoms with van der Waals surface area (Å²) in [6.45, 7) is 1.87. The van der Waals surface area contributed by atoms with Gasteiger partial charge in [-0.15, -0.1) is 12.4 Å². The lowest BCUT2D eigenvalue weighted by molar-refractivity contribution is -0.117. The van der Waals surface area contributed by atoms with Crippen LogP contribution in [-0.4, -0.2) is 24.0 Å². The first-order chi connectivity index (χ1) is 6.74. The minimum atomic E-state index is 0. The van der Waals surface area contributed by atoms with Crippen LogP contribution < -0.4 is 10.6 Å². The lowest BCUT2D eigenvalue weighted by Crippen LogP contribution is -2.43. The van der Waals surface area contributed by atoms with Crippen molar-refractivity contribution in [1.82, 2.24) is 10.3 Å². The zero-order valence-electron chi connectivity index (χ0n) is 7.83. The Morgan fingerprint density at radius 2 is 2.47 bits per heavy atom. The number of rotatable bonds is 3. The summed E-state index contributed by atoms with van der Waals surface area (Å²) in [5.41, 5.74) is 0. The van der Waals surface area contributed by atoms with Crippen LogP contribution in [0.3, 0.4) is 0 Å². The predicted octanol–water partition coefficient (Wildman–Crippen LogP) is 1.77. The van der Waals surface area contributed by atoms with Crippen molar-refractivity contribution < 1.29 is 4.79 Å². The largest absolute Gasteiger partial charge is 0.316 e. The van der Waals surface area contributed by atoms with E-state index in [1.165, 1.54) is 17.5 Å². The fourth-order valence-electron chi connectivity index (χ4n) is 1.24. The molecule has 0 aliphatic carbocycles. The number of aromatic nitrogens is 1. The van der Waals surface area contributed by atoms with E-state index >= 15 is 0 Å². The SMILES string of the molecule is Cl.O=C(CC1CNC1)Nc1ncc(Cl)s1. The average Bonchev–Trinajstić information content (AvgIpc) is 2.44. The molecule has 1 aliphatic heterocycles. The van der Waals surface area contributed by atoms with Gasteiger partial charge in [-0.05, 0) is 19.0 Å². The average molecular weight is 268 g/mol. The Kier molecular flexibility index (Phi) is 4.79. The summed E-state index contributed by atoms with van der Waals surface area (Å²) in [6, 6.07) is 0. The van der Waals surface area contributed by atoms with E-state index in [0.717, 1.165) is 13.1 Å². The van der Waals surface area contributed by atoms with Gasteiger partial charge in [0.25, 0.3) is 0 Å². The van der Waals surface area contributed by atoms with E-state index in [0.29, 0.717) is 21.8 Å². The second-order valence-electron chi connectivity index (χ2n) is 3.25. The van der Waals surface area contributed by atoms with Crippen molar-refractivity contribution in [2.24, 2.45) is 5.92 Å². The number of amides is 1. The second kappa shape index (κ2) is 5.65. The molecule has 1 saturated heterocycles. The maximum absolute atomic E-state index is 11.4. The highest BCUT2D eigenvalue weighted by Gasteiger charge is 2.20. The minimum Gasteiger partial charge on any atom is -0.316 e. The Bertz CT molecular complexity index is 340. The number of hydrogen-bond donors (Lipinski definition) is 2. The summed E-state index contributed by atoms with van der Waals surface area (Å²) in [7, 11) is 0. The van der Waals surface area contributed by atoms with E-state index < -0.39 is 0 Å². The summed E-state index contributed by atoms with van der Waals surface area (Å²) in [4.78, 5) is 15.4. The molecular formula is C8H11Cl2N3OS. The Balaban J connectivity index is 0.00000112. The first-order valence-corrected chi connectivity index (χ1v) is 5.55. The number of carbonyl (C=O) groups is 1. The maximum Gasteiger partial charge on any atom is 0.226 e. The lowest BCUT2D eigenvalue weighted by atomic mass is 9.99. The van der Waals surface area contributed by atoms with Crippen LogP contribution in [0, 0.1) is 5.92 Å². The van der Waals surface area contributed by atoms with E-state index in [9.17, 15) is 4.79 Å². The van der Waals surface area contributed by atoms with Gasteiger partial charge < -0.3 is 10.6 Å². The van der Waals surface area contributed by atoms with Crippen LogP contribution in [0.5, 0.6) is 0 Å². The molecule has 2 rings (SSSR count). The van der Waals surface area contributed by atoms with Gasteiger partial charge in [0.2, 0.25) is 5.91 Å².